The van der Waals surface area contributed by atoms with E-state index >= 15 is 0 Å². The van der Waals surface area contributed by atoms with Gasteiger partial charge in [-0.15, -0.1) is 0 Å². The van der Waals surface area contributed by atoms with Crippen LogP contribution in [0.3, 0.4) is 0 Å². The Balaban J connectivity index is 2.99. The molecular formula is C11H14N2. The standard InChI is InChI=1S/C11H14N2/c1-9-3-5-10(6-4-9)11(13-2)7-8-12/h3-8,12-13H,1-2H3/b11-7-,12-8?. The number of aryl methyl sites for hydroxylation is 1. The minimum Gasteiger partial charge on any atom is -0.388 e. The molecule has 13 heavy (non-hydrogen) atoms. The predicted octanol–water partition coefficient (Wildman–Crippen LogP) is 2.20. The van der Waals surface area contributed by atoms with Crippen molar-refractivity contribution in [2.45, 2.75) is 6.92 Å². The summed E-state index contributed by atoms with van der Waals surface area (Å²) in [5, 5.41) is 10.0. The lowest BCUT2D eigenvalue weighted by molar-refractivity contribution is 1.13. The van der Waals surface area contributed by atoms with Crippen LogP contribution in [0, 0.1) is 12.3 Å². The average molecular weight is 174 g/mol. The number of nitrogens with one attached hydrogen (secondary N) is 2. The van der Waals surface area contributed by atoms with E-state index in [-0.39, 0.29) is 0 Å². The van der Waals surface area contributed by atoms with Crippen LogP contribution in [0.25, 0.3) is 5.70 Å². The summed E-state index contributed by atoms with van der Waals surface area (Å²) in [6.45, 7) is 2.06. The molecule has 0 radical (unpaired) electrons. The van der Waals surface area contributed by atoms with Gasteiger partial charge in [0.1, 0.15) is 0 Å². The van der Waals surface area contributed by atoms with E-state index in [2.05, 4.69) is 24.4 Å². The van der Waals surface area contributed by atoms with Crippen molar-refractivity contribution in [3.05, 3.63) is 41.5 Å². The van der Waals surface area contributed by atoms with Crippen LogP contribution >= 0.6 is 0 Å². The Kier molecular flexibility index (Phi) is 3.26. The SMILES string of the molecule is CN/C(=C\C=N)c1ccc(C)cc1. The van der Waals surface area contributed by atoms with E-state index in [1.54, 1.807) is 6.08 Å². The van der Waals surface area contributed by atoms with Crippen molar-refractivity contribution < 1.29 is 0 Å². The van der Waals surface area contributed by atoms with Gasteiger partial charge in [0.05, 0.1) is 0 Å². The average Bonchev–Trinajstić information content (AvgIpc) is 2.16. The molecule has 0 aliphatic rings. The van der Waals surface area contributed by atoms with Gasteiger partial charge in [-0.2, -0.15) is 0 Å². The molecule has 0 fully saturated rings. The van der Waals surface area contributed by atoms with E-state index in [0.717, 1.165) is 11.3 Å². The third-order valence-electron chi connectivity index (χ3n) is 1.88. The number of hydrogen-bond donors (Lipinski definition) is 2. The maximum atomic E-state index is 6.99. The molecule has 0 aliphatic heterocycles. The molecule has 1 aromatic carbocycles. The van der Waals surface area contributed by atoms with Gasteiger partial charge in [0.25, 0.3) is 0 Å². The molecule has 0 aliphatic carbocycles. The lowest BCUT2D eigenvalue weighted by Gasteiger charge is -2.05. The van der Waals surface area contributed by atoms with E-state index in [4.69, 9.17) is 5.41 Å². The summed E-state index contributed by atoms with van der Waals surface area (Å²) in [7, 11) is 1.86. The minimum atomic E-state index is 0.968. The smallest absolute Gasteiger partial charge is 0.0426 e. The molecular weight excluding hydrogens is 160 g/mol. The zero-order valence-corrected chi connectivity index (χ0v) is 7.96. The molecule has 0 amide bonds. The van der Waals surface area contributed by atoms with Crippen LogP contribution in [-0.2, 0) is 0 Å². The summed E-state index contributed by atoms with van der Waals surface area (Å²) in [4.78, 5) is 0. The third-order valence-corrected chi connectivity index (χ3v) is 1.88. The fraction of sp³-hybridized carbons (Fsp3) is 0.182. The van der Waals surface area contributed by atoms with Crippen molar-refractivity contribution in [2.24, 2.45) is 0 Å². The zero-order valence-electron chi connectivity index (χ0n) is 7.96. The largest absolute Gasteiger partial charge is 0.388 e. The maximum Gasteiger partial charge on any atom is 0.0426 e. The normalized spacial score (nSPS) is 11.1. The summed E-state index contributed by atoms with van der Waals surface area (Å²) >= 11 is 0. The highest BCUT2D eigenvalue weighted by Gasteiger charge is 1.96. The lowest BCUT2D eigenvalue weighted by atomic mass is 10.1. The number of allylic oxidation sites excluding steroid dienone is 1. The predicted molar refractivity (Wildman–Crippen MR) is 57.0 cm³/mol. The van der Waals surface area contributed by atoms with Gasteiger partial charge in [0, 0.05) is 19.0 Å². The molecule has 0 aromatic heterocycles. The van der Waals surface area contributed by atoms with Gasteiger partial charge in [-0.1, -0.05) is 29.8 Å². The summed E-state index contributed by atoms with van der Waals surface area (Å²) in [6.07, 6.45) is 3.02. The Bertz CT molecular complexity index is 309. The number of hydrogen-bond acceptors (Lipinski definition) is 2. The second-order valence-corrected chi connectivity index (χ2v) is 2.86. The fourth-order valence-electron chi connectivity index (χ4n) is 1.14. The van der Waals surface area contributed by atoms with Gasteiger partial charge in [-0.05, 0) is 18.6 Å². The summed E-state index contributed by atoms with van der Waals surface area (Å²) in [5.41, 5.74) is 3.32. The Hall–Kier alpha value is -1.57. The van der Waals surface area contributed by atoms with Crippen molar-refractivity contribution in [3.8, 4) is 0 Å². The number of benzene rings is 1. The molecule has 0 bridgehead atoms. The zero-order chi connectivity index (χ0) is 9.68. The van der Waals surface area contributed by atoms with E-state index in [1.165, 1.54) is 11.8 Å². The van der Waals surface area contributed by atoms with Gasteiger partial charge >= 0.3 is 0 Å². The van der Waals surface area contributed by atoms with Gasteiger partial charge in [-0.3, -0.25) is 0 Å². The molecule has 0 saturated heterocycles. The highest BCUT2D eigenvalue weighted by Crippen LogP contribution is 2.11. The molecule has 2 heteroatoms. The van der Waals surface area contributed by atoms with Crippen LogP contribution in [-0.4, -0.2) is 13.3 Å². The Labute approximate surface area is 78.8 Å². The molecule has 0 unspecified atom stereocenters. The molecule has 0 atom stereocenters. The lowest BCUT2D eigenvalue weighted by Crippen LogP contribution is -2.04. The van der Waals surface area contributed by atoms with Crippen LogP contribution in [0.1, 0.15) is 11.1 Å². The molecule has 1 aromatic rings. The van der Waals surface area contributed by atoms with Crippen molar-refractivity contribution in [1.82, 2.24) is 5.32 Å². The van der Waals surface area contributed by atoms with Crippen molar-refractivity contribution in [2.75, 3.05) is 7.05 Å². The minimum absolute atomic E-state index is 0.968. The summed E-state index contributed by atoms with van der Waals surface area (Å²) in [5.74, 6) is 0. The van der Waals surface area contributed by atoms with Crippen LogP contribution < -0.4 is 5.32 Å². The van der Waals surface area contributed by atoms with Gasteiger partial charge < -0.3 is 10.7 Å². The second kappa shape index (κ2) is 4.45. The summed E-state index contributed by atoms with van der Waals surface area (Å²) < 4.78 is 0. The van der Waals surface area contributed by atoms with Gasteiger partial charge in [0.2, 0.25) is 0 Å². The molecule has 2 N–H and O–H groups in total. The highest BCUT2D eigenvalue weighted by molar-refractivity contribution is 5.81. The van der Waals surface area contributed by atoms with Gasteiger partial charge in [-0.25, -0.2) is 0 Å². The first-order valence-electron chi connectivity index (χ1n) is 4.23. The van der Waals surface area contributed by atoms with Crippen molar-refractivity contribution >= 4 is 11.9 Å². The van der Waals surface area contributed by atoms with Gasteiger partial charge in [0.15, 0.2) is 0 Å². The molecule has 0 spiro atoms. The first kappa shape index (κ1) is 9.52. The topological polar surface area (TPSA) is 35.9 Å². The maximum absolute atomic E-state index is 6.99. The quantitative estimate of drug-likeness (QED) is 0.677. The van der Waals surface area contributed by atoms with E-state index in [1.807, 2.05) is 19.2 Å². The van der Waals surface area contributed by atoms with E-state index in [9.17, 15) is 0 Å². The second-order valence-electron chi connectivity index (χ2n) is 2.86. The Morgan fingerprint density at radius 3 is 2.38 bits per heavy atom. The first-order chi connectivity index (χ1) is 6.27. The molecule has 0 heterocycles. The number of rotatable bonds is 3. The van der Waals surface area contributed by atoms with Crippen LogP contribution in [0.5, 0.6) is 0 Å². The Morgan fingerprint density at radius 1 is 1.31 bits per heavy atom. The monoisotopic (exact) mass is 174 g/mol. The molecule has 68 valence electrons. The summed E-state index contributed by atoms with van der Waals surface area (Å²) in [6, 6.07) is 8.21. The van der Waals surface area contributed by atoms with Crippen LogP contribution in [0.4, 0.5) is 0 Å². The highest BCUT2D eigenvalue weighted by atomic mass is 14.8. The first-order valence-corrected chi connectivity index (χ1v) is 4.23. The van der Waals surface area contributed by atoms with Crippen LogP contribution in [0.2, 0.25) is 0 Å². The molecule has 0 saturated carbocycles. The Morgan fingerprint density at radius 2 is 1.92 bits per heavy atom. The van der Waals surface area contributed by atoms with Crippen LogP contribution in [0.15, 0.2) is 30.3 Å². The molecule has 1 rings (SSSR count). The third kappa shape index (κ3) is 2.44. The fourth-order valence-corrected chi connectivity index (χ4v) is 1.14. The van der Waals surface area contributed by atoms with E-state index < -0.39 is 0 Å². The van der Waals surface area contributed by atoms with Crippen molar-refractivity contribution in [1.29, 1.82) is 5.41 Å². The van der Waals surface area contributed by atoms with E-state index in [0.29, 0.717) is 0 Å². The molecule has 2 nitrogen and oxygen atoms in total. The van der Waals surface area contributed by atoms with Crippen molar-refractivity contribution in [3.63, 3.8) is 0 Å².